The Bertz CT molecular complexity index is 1050. The Labute approximate surface area is 174 Å². The summed E-state index contributed by atoms with van der Waals surface area (Å²) in [5.74, 6) is 0.130. The van der Waals surface area contributed by atoms with Crippen molar-refractivity contribution in [2.45, 2.75) is 25.9 Å². The van der Waals surface area contributed by atoms with Crippen LogP contribution in [-0.4, -0.2) is 19.8 Å². The molecule has 1 aromatic carbocycles. The van der Waals surface area contributed by atoms with Crippen LogP contribution in [0.4, 0.5) is 5.69 Å². The van der Waals surface area contributed by atoms with Gasteiger partial charge >= 0.3 is 0 Å². The maximum absolute atomic E-state index is 10.6. The van der Waals surface area contributed by atoms with E-state index in [1.54, 1.807) is 24.4 Å². The molecule has 2 N–H and O–H groups in total. The van der Waals surface area contributed by atoms with Gasteiger partial charge in [-0.2, -0.15) is 0 Å². The summed E-state index contributed by atoms with van der Waals surface area (Å²) in [7, 11) is 2.05. The number of halogens is 1. The smallest absolute Gasteiger partial charge is 0.174 e. The highest BCUT2D eigenvalue weighted by atomic mass is 35.5. The molecule has 0 radical (unpaired) electrons. The number of anilines is 1. The van der Waals surface area contributed by atoms with Crippen molar-refractivity contribution < 1.29 is 5.11 Å². The van der Waals surface area contributed by atoms with Crippen molar-refractivity contribution in [3.63, 3.8) is 0 Å². The van der Waals surface area contributed by atoms with E-state index in [-0.39, 0.29) is 17.8 Å². The van der Waals surface area contributed by atoms with Crippen molar-refractivity contribution in [1.82, 2.24) is 14.9 Å². The molecule has 1 aliphatic heterocycles. The largest absolute Gasteiger partial charge is 0.506 e. The lowest BCUT2D eigenvalue weighted by Crippen LogP contribution is -2.29. The standard InChI is InChI=1S/C21H21ClN4OS/c1-12-10-15(13(2)25(12)3)20-19(16-6-4-5-9-23-16)24-21(28)26(20)17-11-14(22)7-8-18(17)27/h4-11,19-20,27H,1-3H3,(H,24,28). The van der Waals surface area contributed by atoms with Crippen LogP contribution < -0.4 is 10.2 Å². The molecule has 3 aromatic rings. The van der Waals surface area contributed by atoms with Crippen molar-refractivity contribution in [2.24, 2.45) is 7.05 Å². The number of phenols is 1. The van der Waals surface area contributed by atoms with Gasteiger partial charge in [-0.3, -0.25) is 4.98 Å². The molecule has 1 aliphatic rings. The Kier molecular flexibility index (Phi) is 4.77. The Morgan fingerprint density at radius 2 is 1.96 bits per heavy atom. The quantitative estimate of drug-likeness (QED) is 0.617. The van der Waals surface area contributed by atoms with E-state index in [4.69, 9.17) is 23.8 Å². The van der Waals surface area contributed by atoms with Crippen molar-refractivity contribution in [1.29, 1.82) is 0 Å². The molecule has 4 rings (SSSR count). The van der Waals surface area contributed by atoms with Gasteiger partial charge in [-0.1, -0.05) is 17.7 Å². The van der Waals surface area contributed by atoms with Gasteiger partial charge in [0.05, 0.1) is 23.5 Å². The Hall–Kier alpha value is -2.57. The number of rotatable bonds is 3. The lowest BCUT2D eigenvalue weighted by molar-refractivity contribution is 0.472. The van der Waals surface area contributed by atoms with E-state index >= 15 is 0 Å². The average Bonchev–Trinajstić information content (AvgIpc) is 3.15. The first-order valence-corrected chi connectivity index (χ1v) is 9.79. The predicted molar refractivity (Wildman–Crippen MR) is 116 cm³/mol. The van der Waals surface area contributed by atoms with E-state index in [1.165, 1.54) is 0 Å². The van der Waals surface area contributed by atoms with E-state index in [0.717, 1.165) is 22.6 Å². The maximum Gasteiger partial charge on any atom is 0.174 e. The second-order valence-corrected chi connectivity index (χ2v) is 7.84. The van der Waals surface area contributed by atoms with E-state index < -0.39 is 0 Å². The Morgan fingerprint density at radius 1 is 1.18 bits per heavy atom. The van der Waals surface area contributed by atoms with Crippen LogP contribution in [0.2, 0.25) is 5.02 Å². The molecule has 0 saturated carbocycles. The van der Waals surface area contributed by atoms with Crippen molar-refractivity contribution in [2.75, 3.05) is 4.90 Å². The summed E-state index contributed by atoms with van der Waals surface area (Å²) < 4.78 is 2.15. The number of thiocarbonyl (C=S) groups is 1. The van der Waals surface area contributed by atoms with E-state index in [1.807, 2.05) is 30.1 Å². The summed E-state index contributed by atoms with van der Waals surface area (Å²) in [6, 6.07) is 12.7. The first-order valence-electron chi connectivity index (χ1n) is 9.00. The number of nitrogens with zero attached hydrogens (tertiary/aromatic N) is 3. The summed E-state index contributed by atoms with van der Waals surface area (Å²) >= 11 is 11.9. The number of nitrogens with one attached hydrogen (secondary N) is 1. The van der Waals surface area contributed by atoms with Crippen LogP contribution in [0.15, 0.2) is 48.7 Å². The molecular weight excluding hydrogens is 392 g/mol. The van der Waals surface area contributed by atoms with E-state index in [0.29, 0.717) is 15.8 Å². The molecule has 0 bridgehead atoms. The third-order valence-corrected chi connectivity index (χ3v) is 5.98. The highest BCUT2D eigenvalue weighted by Gasteiger charge is 2.42. The number of aromatic hydroxyl groups is 1. The lowest BCUT2D eigenvalue weighted by Gasteiger charge is -2.28. The van der Waals surface area contributed by atoms with Gasteiger partial charge in [0.15, 0.2) is 5.11 Å². The van der Waals surface area contributed by atoms with Gasteiger partial charge in [-0.25, -0.2) is 0 Å². The van der Waals surface area contributed by atoms with Crippen LogP contribution in [0.5, 0.6) is 5.75 Å². The van der Waals surface area contributed by atoms with Crippen LogP contribution in [0.1, 0.15) is 34.7 Å². The zero-order chi connectivity index (χ0) is 20.0. The lowest BCUT2D eigenvalue weighted by atomic mass is 9.96. The minimum absolute atomic E-state index is 0.130. The number of pyridine rings is 1. The Balaban J connectivity index is 1.92. The summed E-state index contributed by atoms with van der Waals surface area (Å²) in [6.45, 7) is 4.17. The Morgan fingerprint density at radius 3 is 2.61 bits per heavy atom. The van der Waals surface area contributed by atoms with Crippen LogP contribution >= 0.6 is 23.8 Å². The van der Waals surface area contributed by atoms with Crippen LogP contribution in [0, 0.1) is 13.8 Å². The molecule has 2 atom stereocenters. The summed E-state index contributed by atoms with van der Waals surface area (Å²) in [5, 5.41) is 15.0. The molecule has 28 heavy (non-hydrogen) atoms. The molecule has 7 heteroatoms. The molecule has 2 unspecified atom stereocenters. The third kappa shape index (κ3) is 3.02. The molecule has 3 heterocycles. The highest BCUT2D eigenvalue weighted by molar-refractivity contribution is 7.80. The molecular formula is C21H21ClN4OS. The summed E-state index contributed by atoms with van der Waals surface area (Å²) in [6.07, 6.45) is 1.78. The first-order chi connectivity index (χ1) is 13.4. The molecule has 0 aliphatic carbocycles. The van der Waals surface area contributed by atoms with Crippen LogP contribution in [0.25, 0.3) is 0 Å². The fourth-order valence-corrected chi connectivity index (χ4v) is 4.31. The normalized spacial score (nSPS) is 19.1. The average molecular weight is 413 g/mol. The van der Waals surface area contributed by atoms with Gasteiger partial charge in [0.1, 0.15) is 5.75 Å². The van der Waals surface area contributed by atoms with Gasteiger partial charge in [0.2, 0.25) is 0 Å². The minimum Gasteiger partial charge on any atom is -0.506 e. The SMILES string of the molecule is Cc1cc(C2C(c3ccccn3)NC(=S)N2c2cc(Cl)ccc2O)c(C)n1C. The van der Waals surface area contributed by atoms with E-state index in [2.05, 4.69) is 34.8 Å². The van der Waals surface area contributed by atoms with Crippen LogP contribution in [-0.2, 0) is 7.05 Å². The zero-order valence-corrected chi connectivity index (χ0v) is 17.4. The number of phenolic OH excluding ortho intramolecular Hbond substituents is 1. The van der Waals surface area contributed by atoms with Gasteiger partial charge < -0.3 is 19.9 Å². The molecule has 0 spiro atoms. The number of benzene rings is 1. The minimum atomic E-state index is -0.174. The second kappa shape index (κ2) is 7.11. The number of hydrogen-bond acceptors (Lipinski definition) is 3. The summed E-state index contributed by atoms with van der Waals surface area (Å²) in [4.78, 5) is 6.50. The highest BCUT2D eigenvalue weighted by Crippen LogP contribution is 2.46. The van der Waals surface area contributed by atoms with Gasteiger partial charge in [-0.15, -0.1) is 0 Å². The molecule has 0 amide bonds. The van der Waals surface area contributed by atoms with E-state index in [9.17, 15) is 5.11 Å². The molecule has 1 saturated heterocycles. The fourth-order valence-electron chi connectivity index (χ4n) is 3.80. The number of hydrogen-bond donors (Lipinski definition) is 2. The molecule has 2 aromatic heterocycles. The number of aromatic nitrogens is 2. The van der Waals surface area contributed by atoms with Gasteiger partial charge in [0.25, 0.3) is 0 Å². The molecule has 144 valence electrons. The van der Waals surface area contributed by atoms with Crippen molar-refractivity contribution >= 4 is 34.6 Å². The predicted octanol–water partition coefficient (Wildman–Crippen LogP) is 4.57. The van der Waals surface area contributed by atoms with Crippen molar-refractivity contribution in [3.05, 3.63) is 76.3 Å². The first kappa shape index (κ1) is 18.8. The summed E-state index contributed by atoms with van der Waals surface area (Å²) in [5.41, 5.74) is 4.89. The topological polar surface area (TPSA) is 53.3 Å². The zero-order valence-electron chi connectivity index (χ0n) is 15.8. The molecule has 5 nitrogen and oxygen atoms in total. The second-order valence-electron chi connectivity index (χ2n) is 7.02. The van der Waals surface area contributed by atoms with Gasteiger partial charge in [-0.05, 0) is 68.0 Å². The third-order valence-electron chi connectivity index (χ3n) is 5.43. The monoisotopic (exact) mass is 412 g/mol. The van der Waals surface area contributed by atoms with Crippen molar-refractivity contribution in [3.8, 4) is 5.75 Å². The van der Waals surface area contributed by atoms with Gasteiger partial charge in [0, 0.05) is 29.7 Å². The maximum atomic E-state index is 10.6. The van der Waals surface area contributed by atoms with Crippen LogP contribution in [0.3, 0.4) is 0 Å². The molecule has 1 fully saturated rings. The fraction of sp³-hybridized carbons (Fsp3) is 0.238. The number of aryl methyl sites for hydroxylation is 1.